The summed E-state index contributed by atoms with van der Waals surface area (Å²) in [5.41, 5.74) is -0.148. The van der Waals surface area contributed by atoms with E-state index in [2.05, 4.69) is 20.8 Å². The predicted molar refractivity (Wildman–Crippen MR) is 59.8 cm³/mol. The van der Waals surface area contributed by atoms with Gasteiger partial charge in [-0.25, -0.2) is 5.10 Å². The van der Waals surface area contributed by atoms with Crippen LogP contribution < -0.4 is 16.2 Å². The van der Waals surface area contributed by atoms with Crippen molar-refractivity contribution in [1.29, 1.82) is 0 Å². The van der Waals surface area contributed by atoms with Crippen molar-refractivity contribution in [2.75, 3.05) is 20.2 Å². The average molecular weight is 238 g/mol. The van der Waals surface area contributed by atoms with Gasteiger partial charge < -0.3 is 15.4 Å². The second-order valence-electron chi connectivity index (χ2n) is 3.82. The molecule has 2 atom stereocenters. The summed E-state index contributed by atoms with van der Waals surface area (Å²) in [5.74, 6) is -0.322. The molecule has 1 aliphatic rings. The van der Waals surface area contributed by atoms with Crippen LogP contribution in [0.4, 0.5) is 0 Å². The van der Waals surface area contributed by atoms with Crippen LogP contribution in [0.2, 0.25) is 0 Å². The third kappa shape index (κ3) is 2.69. The molecule has 0 aliphatic carbocycles. The Balaban J connectivity index is 2.01. The molecule has 1 amide bonds. The summed E-state index contributed by atoms with van der Waals surface area (Å²) in [6.45, 7) is 1.37. The van der Waals surface area contributed by atoms with Crippen molar-refractivity contribution in [2.24, 2.45) is 0 Å². The average Bonchev–Trinajstić information content (AvgIpc) is 2.77. The van der Waals surface area contributed by atoms with Crippen molar-refractivity contribution >= 4 is 5.91 Å². The molecule has 0 radical (unpaired) electrons. The van der Waals surface area contributed by atoms with E-state index in [0.717, 1.165) is 0 Å². The lowest BCUT2D eigenvalue weighted by molar-refractivity contribution is 0.0775. The quantitative estimate of drug-likeness (QED) is 0.594. The van der Waals surface area contributed by atoms with Gasteiger partial charge in [-0.15, -0.1) is 0 Å². The topological polar surface area (TPSA) is 96.1 Å². The third-order valence-corrected chi connectivity index (χ3v) is 2.69. The van der Waals surface area contributed by atoms with Crippen LogP contribution in [0.3, 0.4) is 0 Å². The number of rotatable bonds is 3. The van der Waals surface area contributed by atoms with Gasteiger partial charge >= 0.3 is 0 Å². The molecule has 3 N–H and O–H groups in total. The molecule has 1 fully saturated rings. The van der Waals surface area contributed by atoms with Crippen LogP contribution in [0.1, 0.15) is 10.5 Å². The number of hydrogen-bond acceptors (Lipinski definition) is 5. The number of nitrogens with zero attached hydrogens (tertiary/aromatic N) is 1. The third-order valence-electron chi connectivity index (χ3n) is 2.69. The van der Waals surface area contributed by atoms with E-state index in [4.69, 9.17) is 4.74 Å². The van der Waals surface area contributed by atoms with Gasteiger partial charge in [0, 0.05) is 26.3 Å². The zero-order chi connectivity index (χ0) is 12.3. The normalized spacial score (nSPS) is 23.6. The summed E-state index contributed by atoms with van der Waals surface area (Å²) in [6.07, 6.45) is -0.0401. The number of aromatic amines is 1. The van der Waals surface area contributed by atoms with Gasteiger partial charge in [0.15, 0.2) is 0 Å². The van der Waals surface area contributed by atoms with Gasteiger partial charge in [0.25, 0.3) is 11.5 Å². The molecule has 0 bridgehead atoms. The Kier molecular flexibility index (Phi) is 3.50. The van der Waals surface area contributed by atoms with Gasteiger partial charge in [0.05, 0.1) is 12.1 Å². The fourth-order valence-electron chi connectivity index (χ4n) is 1.76. The summed E-state index contributed by atoms with van der Waals surface area (Å²) in [6, 6.07) is 2.57. The number of nitrogens with one attached hydrogen (secondary N) is 3. The fourth-order valence-corrected chi connectivity index (χ4v) is 1.76. The zero-order valence-electron chi connectivity index (χ0n) is 9.40. The van der Waals surface area contributed by atoms with E-state index in [1.54, 1.807) is 7.11 Å². The first-order chi connectivity index (χ1) is 8.20. The Morgan fingerprint density at radius 2 is 2.35 bits per heavy atom. The van der Waals surface area contributed by atoms with E-state index in [0.29, 0.717) is 13.1 Å². The second kappa shape index (κ2) is 5.07. The smallest absolute Gasteiger partial charge is 0.272 e. The highest BCUT2D eigenvalue weighted by Gasteiger charge is 2.28. The van der Waals surface area contributed by atoms with Crippen LogP contribution in [0.15, 0.2) is 16.9 Å². The molecule has 0 aromatic carbocycles. The Bertz CT molecular complexity index is 439. The van der Waals surface area contributed by atoms with Crippen LogP contribution >= 0.6 is 0 Å². The first-order valence-electron chi connectivity index (χ1n) is 5.31. The number of H-pyrrole nitrogens is 1. The van der Waals surface area contributed by atoms with E-state index in [9.17, 15) is 9.59 Å². The maximum atomic E-state index is 11.8. The number of carbonyl (C=O) groups excluding carboxylic acids is 1. The molecule has 1 aliphatic heterocycles. The highest BCUT2D eigenvalue weighted by molar-refractivity contribution is 5.92. The van der Waals surface area contributed by atoms with Gasteiger partial charge in [-0.05, 0) is 6.07 Å². The number of aromatic nitrogens is 2. The molecule has 1 aromatic heterocycles. The molecule has 2 rings (SSSR count). The standard InChI is InChI=1S/C10H14N4O3/c1-17-8-5-11-4-7(8)12-10(16)6-2-3-9(15)14-13-6/h2-3,7-8,11H,4-5H2,1H3,(H,12,16)(H,14,15)/t7?,8-/m0/s1. The van der Waals surface area contributed by atoms with Crippen LogP contribution in [-0.4, -0.2) is 48.4 Å². The van der Waals surface area contributed by atoms with E-state index in [1.807, 2.05) is 0 Å². The Morgan fingerprint density at radius 3 is 3.00 bits per heavy atom. The zero-order valence-corrected chi connectivity index (χ0v) is 9.40. The molecule has 1 saturated heterocycles. The maximum Gasteiger partial charge on any atom is 0.272 e. The van der Waals surface area contributed by atoms with E-state index < -0.39 is 0 Å². The van der Waals surface area contributed by atoms with Gasteiger partial charge in [-0.3, -0.25) is 9.59 Å². The molecule has 0 spiro atoms. The Hall–Kier alpha value is -1.73. The molecule has 1 unspecified atom stereocenters. The number of ether oxygens (including phenoxy) is 1. The fraction of sp³-hybridized carbons (Fsp3) is 0.500. The number of carbonyl (C=O) groups is 1. The van der Waals surface area contributed by atoms with Crippen molar-refractivity contribution in [3.8, 4) is 0 Å². The minimum Gasteiger partial charge on any atom is -0.378 e. The highest BCUT2D eigenvalue weighted by Crippen LogP contribution is 2.04. The van der Waals surface area contributed by atoms with Crippen LogP contribution in [0.25, 0.3) is 0 Å². The number of amides is 1. The summed E-state index contributed by atoms with van der Waals surface area (Å²) in [5, 5.41) is 11.8. The molecule has 92 valence electrons. The summed E-state index contributed by atoms with van der Waals surface area (Å²) < 4.78 is 5.22. The van der Waals surface area contributed by atoms with E-state index in [-0.39, 0.29) is 29.3 Å². The lowest BCUT2D eigenvalue weighted by atomic mass is 10.2. The van der Waals surface area contributed by atoms with Gasteiger partial charge in [-0.2, -0.15) is 5.10 Å². The molecule has 0 saturated carbocycles. The lowest BCUT2D eigenvalue weighted by Gasteiger charge is -2.17. The van der Waals surface area contributed by atoms with Gasteiger partial charge in [0.2, 0.25) is 0 Å². The molecule has 17 heavy (non-hydrogen) atoms. The maximum absolute atomic E-state index is 11.8. The van der Waals surface area contributed by atoms with Crippen LogP contribution in [0.5, 0.6) is 0 Å². The van der Waals surface area contributed by atoms with Crippen molar-refractivity contribution in [1.82, 2.24) is 20.8 Å². The second-order valence-corrected chi connectivity index (χ2v) is 3.82. The van der Waals surface area contributed by atoms with Crippen molar-refractivity contribution < 1.29 is 9.53 Å². The van der Waals surface area contributed by atoms with Crippen molar-refractivity contribution in [2.45, 2.75) is 12.1 Å². The first-order valence-corrected chi connectivity index (χ1v) is 5.31. The predicted octanol–water partition coefficient (Wildman–Crippen LogP) is -1.51. The summed E-state index contributed by atoms with van der Waals surface area (Å²) in [7, 11) is 1.61. The van der Waals surface area contributed by atoms with Crippen molar-refractivity contribution in [3.05, 3.63) is 28.2 Å². The Labute approximate surface area is 97.6 Å². The first kappa shape index (κ1) is 11.7. The van der Waals surface area contributed by atoms with Crippen LogP contribution in [0, 0.1) is 0 Å². The minimum absolute atomic E-state index is 0.0401. The van der Waals surface area contributed by atoms with E-state index >= 15 is 0 Å². The SMILES string of the molecule is CO[C@H]1CNCC1NC(=O)c1ccc(=O)[nH]n1. The summed E-state index contributed by atoms with van der Waals surface area (Å²) >= 11 is 0. The largest absolute Gasteiger partial charge is 0.378 e. The monoisotopic (exact) mass is 238 g/mol. The molecule has 7 heteroatoms. The van der Waals surface area contributed by atoms with Gasteiger partial charge in [-0.1, -0.05) is 0 Å². The minimum atomic E-state index is -0.334. The molecular formula is C10H14N4O3. The van der Waals surface area contributed by atoms with Crippen LogP contribution in [-0.2, 0) is 4.74 Å². The Morgan fingerprint density at radius 1 is 1.53 bits per heavy atom. The van der Waals surface area contributed by atoms with Crippen molar-refractivity contribution in [3.63, 3.8) is 0 Å². The molecule has 2 heterocycles. The number of methoxy groups -OCH3 is 1. The molecule has 7 nitrogen and oxygen atoms in total. The lowest BCUT2D eigenvalue weighted by Crippen LogP contribution is -2.44. The molecule has 1 aromatic rings. The summed E-state index contributed by atoms with van der Waals surface area (Å²) in [4.78, 5) is 22.6. The van der Waals surface area contributed by atoms with Gasteiger partial charge in [0.1, 0.15) is 5.69 Å². The van der Waals surface area contributed by atoms with E-state index in [1.165, 1.54) is 12.1 Å². The molecular weight excluding hydrogens is 224 g/mol. The highest BCUT2D eigenvalue weighted by atomic mass is 16.5. The number of hydrogen-bond donors (Lipinski definition) is 3.